The molecule has 1 aromatic heterocycles. The van der Waals surface area contributed by atoms with Gasteiger partial charge < -0.3 is 24.4 Å². The minimum absolute atomic E-state index is 0.151. The van der Waals surface area contributed by atoms with Crippen molar-refractivity contribution in [1.82, 2.24) is 24.6 Å². The van der Waals surface area contributed by atoms with Crippen LogP contribution >= 0.6 is 11.8 Å². The van der Waals surface area contributed by atoms with E-state index in [1.807, 2.05) is 19.0 Å². The molecule has 10 nitrogen and oxygen atoms in total. The first-order valence-electron chi connectivity index (χ1n) is 10.5. The molecule has 0 bridgehead atoms. The Labute approximate surface area is 198 Å². The number of rotatable bonds is 10. The summed E-state index contributed by atoms with van der Waals surface area (Å²) in [6.07, 6.45) is 1.56. The van der Waals surface area contributed by atoms with E-state index in [9.17, 15) is 14.4 Å². The maximum absolute atomic E-state index is 13.2. The lowest BCUT2D eigenvalue weighted by Crippen LogP contribution is -2.42. The fourth-order valence-corrected chi connectivity index (χ4v) is 3.43. The summed E-state index contributed by atoms with van der Waals surface area (Å²) < 4.78 is 7.11. The molecule has 0 fully saturated rings. The summed E-state index contributed by atoms with van der Waals surface area (Å²) in [6.45, 7) is 6.14. The Hall–Kier alpha value is -2.92. The lowest BCUT2D eigenvalue weighted by Gasteiger charge is -2.26. The minimum atomic E-state index is -0.638. The van der Waals surface area contributed by atoms with E-state index in [2.05, 4.69) is 15.5 Å². The highest BCUT2D eigenvalue weighted by atomic mass is 32.2. The molecule has 0 saturated carbocycles. The number of ether oxygens (including phenoxy) is 1. The molecule has 2 amide bonds. The number of nitrogens with one attached hydrogen (secondary N) is 1. The first-order valence-corrected chi connectivity index (χ1v) is 11.5. The molecule has 0 saturated heterocycles. The molecule has 2 rings (SSSR count). The summed E-state index contributed by atoms with van der Waals surface area (Å²) in [5, 5.41) is 11.1. The molecule has 1 aromatic carbocycles. The van der Waals surface area contributed by atoms with Gasteiger partial charge in [0, 0.05) is 31.4 Å². The van der Waals surface area contributed by atoms with Gasteiger partial charge in [-0.2, -0.15) is 0 Å². The van der Waals surface area contributed by atoms with E-state index in [-0.39, 0.29) is 24.1 Å². The van der Waals surface area contributed by atoms with E-state index < -0.39 is 11.6 Å². The van der Waals surface area contributed by atoms with E-state index in [1.165, 1.54) is 16.7 Å². The third-order valence-electron chi connectivity index (χ3n) is 4.24. The number of aromatic nitrogens is 3. The SMILES string of the molecule is CN(C)CCN(CC(=O)OC(C)(C)C)C(=O)c1cccc(NC(=O)CSc2nncn2C)c1. The van der Waals surface area contributed by atoms with Gasteiger partial charge in [-0.15, -0.1) is 10.2 Å². The van der Waals surface area contributed by atoms with Crippen molar-refractivity contribution in [3.63, 3.8) is 0 Å². The van der Waals surface area contributed by atoms with Gasteiger partial charge in [0.25, 0.3) is 5.91 Å². The minimum Gasteiger partial charge on any atom is -0.459 e. The average molecular weight is 477 g/mol. The number of amides is 2. The Morgan fingerprint density at radius 2 is 1.91 bits per heavy atom. The predicted octanol–water partition coefficient (Wildman–Crippen LogP) is 1.89. The van der Waals surface area contributed by atoms with Crippen LogP contribution in [-0.2, 0) is 21.4 Å². The summed E-state index contributed by atoms with van der Waals surface area (Å²) in [4.78, 5) is 41.3. The molecule has 0 radical (unpaired) electrons. The van der Waals surface area contributed by atoms with Crippen LogP contribution in [0.2, 0.25) is 0 Å². The Bertz CT molecular complexity index is 970. The van der Waals surface area contributed by atoms with Gasteiger partial charge in [-0.1, -0.05) is 17.8 Å². The van der Waals surface area contributed by atoms with Crippen molar-refractivity contribution < 1.29 is 19.1 Å². The summed E-state index contributed by atoms with van der Waals surface area (Å²) in [6, 6.07) is 6.66. The zero-order chi connectivity index (χ0) is 24.6. The van der Waals surface area contributed by atoms with Crippen molar-refractivity contribution in [3.05, 3.63) is 36.2 Å². The number of esters is 1. The van der Waals surface area contributed by atoms with Crippen molar-refractivity contribution in [1.29, 1.82) is 0 Å². The maximum atomic E-state index is 13.2. The second-order valence-electron chi connectivity index (χ2n) is 8.76. The molecular formula is C22H32N6O4S. The first kappa shape index (κ1) is 26.3. The van der Waals surface area contributed by atoms with E-state index >= 15 is 0 Å². The van der Waals surface area contributed by atoms with Gasteiger partial charge in [-0.3, -0.25) is 14.4 Å². The Morgan fingerprint density at radius 1 is 1.18 bits per heavy atom. The van der Waals surface area contributed by atoms with E-state index in [1.54, 1.807) is 63.0 Å². The van der Waals surface area contributed by atoms with Crippen molar-refractivity contribution in [2.75, 3.05) is 44.8 Å². The highest BCUT2D eigenvalue weighted by molar-refractivity contribution is 7.99. The zero-order valence-electron chi connectivity index (χ0n) is 20.0. The molecule has 0 aliphatic heterocycles. The van der Waals surface area contributed by atoms with Crippen LogP contribution in [0.3, 0.4) is 0 Å². The Morgan fingerprint density at radius 3 is 2.52 bits per heavy atom. The van der Waals surface area contributed by atoms with E-state index in [4.69, 9.17) is 4.74 Å². The Kier molecular flexibility index (Phi) is 9.42. The zero-order valence-corrected chi connectivity index (χ0v) is 20.8. The first-order chi connectivity index (χ1) is 15.4. The van der Waals surface area contributed by atoms with Crippen LogP contribution in [0.25, 0.3) is 0 Å². The van der Waals surface area contributed by atoms with Gasteiger partial charge in [-0.25, -0.2) is 0 Å². The molecule has 0 spiro atoms. The van der Waals surface area contributed by atoms with Crippen molar-refractivity contribution >= 4 is 35.2 Å². The number of carbonyl (C=O) groups excluding carboxylic acids is 3. The van der Waals surface area contributed by atoms with Gasteiger partial charge >= 0.3 is 5.97 Å². The summed E-state index contributed by atoms with van der Waals surface area (Å²) >= 11 is 1.26. The second kappa shape index (κ2) is 11.8. The fraction of sp³-hybridized carbons (Fsp3) is 0.500. The van der Waals surface area contributed by atoms with Gasteiger partial charge in [-0.05, 0) is 53.1 Å². The van der Waals surface area contributed by atoms with Crippen molar-refractivity contribution in [2.45, 2.75) is 31.5 Å². The van der Waals surface area contributed by atoms with Crippen LogP contribution in [-0.4, -0.2) is 87.4 Å². The van der Waals surface area contributed by atoms with Crippen LogP contribution < -0.4 is 5.32 Å². The molecular weight excluding hydrogens is 444 g/mol. The molecule has 0 aliphatic rings. The lowest BCUT2D eigenvalue weighted by atomic mass is 10.1. The number of thioether (sulfide) groups is 1. The largest absolute Gasteiger partial charge is 0.459 e. The van der Waals surface area contributed by atoms with Crippen LogP contribution in [0.5, 0.6) is 0 Å². The topological polar surface area (TPSA) is 110 Å². The number of likely N-dealkylation sites (N-methyl/N-ethyl adjacent to an activating group) is 1. The molecule has 0 aliphatic carbocycles. The number of nitrogens with zero attached hydrogens (tertiary/aromatic N) is 5. The van der Waals surface area contributed by atoms with E-state index in [0.717, 1.165) is 0 Å². The Balaban J connectivity index is 2.06. The third-order valence-corrected chi connectivity index (χ3v) is 5.27. The molecule has 1 heterocycles. The second-order valence-corrected chi connectivity index (χ2v) is 9.70. The predicted molar refractivity (Wildman–Crippen MR) is 127 cm³/mol. The molecule has 0 atom stereocenters. The summed E-state index contributed by atoms with van der Waals surface area (Å²) in [5.41, 5.74) is 0.228. The lowest BCUT2D eigenvalue weighted by molar-refractivity contribution is -0.155. The standard InChI is InChI=1S/C22H32N6O4S/c1-22(2,3)32-19(30)13-28(11-10-26(4)5)20(31)16-8-7-9-17(12-16)24-18(29)14-33-21-25-23-15-27(21)6/h7-9,12,15H,10-11,13-14H2,1-6H3,(H,24,29). The molecule has 180 valence electrons. The monoisotopic (exact) mass is 476 g/mol. The van der Waals surface area contributed by atoms with Crippen LogP contribution in [0, 0.1) is 0 Å². The molecule has 11 heteroatoms. The smallest absolute Gasteiger partial charge is 0.326 e. The van der Waals surface area contributed by atoms with Crippen molar-refractivity contribution in [2.24, 2.45) is 7.05 Å². The van der Waals surface area contributed by atoms with Crippen LogP contribution in [0.15, 0.2) is 35.7 Å². The quantitative estimate of drug-likeness (QED) is 0.409. The van der Waals surface area contributed by atoms with Crippen molar-refractivity contribution in [3.8, 4) is 0 Å². The van der Waals surface area contributed by atoms with Gasteiger partial charge in [0.15, 0.2) is 5.16 Å². The van der Waals surface area contributed by atoms with Gasteiger partial charge in [0.2, 0.25) is 5.91 Å². The normalized spacial score (nSPS) is 11.4. The summed E-state index contributed by atoms with van der Waals surface area (Å²) in [7, 11) is 5.59. The number of benzene rings is 1. The number of hydrogen-bond acceptors (Lipinski definition) is 8. The molecule has 2 aromatic rings. The third kappa shape index (κ3) is 9.22. The molecule has 1 N–H and O–H groups in total. The number of anilines is 1. The van der Waals surface area contributed by atoms with E-state index in [0.29, 0.717) is 29.5 Å². The average Bonchev–Trinajstić information content (AvgIpc) is 3.12. The van der Waals surface area contributed by atoms with Crippen LogP contribution in [0.4, 0.5) is 5.69 Å². The number of hydrogen-bond donors (Lipinski definition) is 1. The molecule has 0 unspecified atom stereocenters. The van der Waals surface area contributed by atoms with Gasteiger partial charge in [0.1, 0.15) is 18.5 Å². The highest BCUT2D eigenvalue weighted by Gasteiger charge is 2.23. The highest BCUT2D eigenvalue weighted by Crippen LogP contribution is 2.17. The van der Waals surface area contributed by atoms with Gasteiger partial charge in [0.05, 0.1) is 5.75 Å². The number of aryl methyl sites for hydroxylation is 1. The fourth-order valence-electron chi connectivity index (χ4n) is 2.75. The maximum Gasteiger partial charge on any atom is 0.326 e. The van der Waals surface area contributed by atoms with Crippen LogP contribution in [0.1, 0.15) is 31.1 Å². The number of carbonyl (C=O) groups is 3. The summed E-state index contributed by atoms with van der Waals surface area (Å²) in [5.74, 6) is -0.865. The molecule has 33 heavy (non-hydrogen) atoms.